The fourth-order valence-electron chi connectivity index (χ4n) is 2.64. The molecule has 2 aromatic carbocycles. The minimum atomic E-state index is -0.792. The molecule has 0 saturated carbocycles. The van der Waals surface area contributed by atoms with E-state index in [1.165, 1.54) is 0 Å². The number of fused-ring (bicyclic) bond motifs is 1. The molecule has 0 aliphatic rings. The molecular weight excluding hydrogens is 330 g/mol. The van der Waals surface area contributed by atoms with Gasteiger partial charge in [-0.1, -0.05) is 48.5 Å². The molecule has 26 heavy (non-hydrogen) atoms. The normalized spacial score (nSPS) is 11.7. The summed E-state index contributed by atoms with van der Waals surface area (Å²) in [5.41, 5.74) is 7.00. The SMILES string of the molecule is NC(=O)C(Cc1ccccc1)NC(=O)COc1cccc2cccnc12. The lowest BCUT2D eigenvalue weighted by Gasteiger charge is -2.16. The van der Waals surface area contributed by atoms with Crippen molar-refractivity contribution in [3.63, 3.8) is 0 Å². The number of primary amides is 1. The summed E-state index contributed by atoms with van der Waals surface area (Å²) in [6, 6.07) is 17.8. The van der Waals surface area contributed by atoms with Crippen LogP contribution in [-0.2, 0) is 16.0 Å². The van der Waals surface area contributed by atoms with Crippen LogP contribution < -0.4 is 15.8 Å². The highest BCUT2D eigenvalue weighted by Crippen LogP contribution is 2.22. The number of para-hydroxylation sites is 1. The van der Waals surface area contributed by atoms with Crippen molar-refractivity contribution in [2.24, 2.45) is 5.73 Å². The smallest absolute Gasteiger partial charge is 0.258 e. The molecule has 0 spiro atoms. The molecule has 0 bridgehead atoms. The predicted octanol–water partition coefficient (Wildman–Crippen LogP) is 1.83. The molecule has 3 rings (SSSR count). The van der Waals surface area contributed by atoms with Crippen molar-refractivity contribution in [2.75, 3.05) is 6.61 Å². The fourth-order valence-corrected chi connectivity index (χ4v) is 2.64. The Morgan fingerprint density at radius 3 is 2.58 bits per heavy atom. The van der Waals surface area contributed by atoms with E-state index in [9.17, 15) is 9.59 Å². The minimum Gasteiger partial charge on any atom is -0.481 e. The highest BCUT2D eigenvalue weighted by Gasteiger charge is 2.19. The van der Waals surface area contributed by atoms with Crippen LogP contribution in [0.2, 0.25) is 0 Å². The van der Waals surface area contributed by atoms with Gasteiger partial charge in [-0.2, -0.15) is 0 Å². The molecule has 0 radical (unpaired) electrons. The van der Waals surface area contributed by atoms with Crippen molar-refractivity contribution >= 4 is 22.7 Å². The van der Waals surface area contributed by atoms with Crippen LogP contribution in [0.4, 0.5) is 0 Å². The van der Waals surface area contributed by atoms with Crippen molar-refractivity contribution in [3.8, 4) is 5.75 Å². The Labute approximate surface area is 151 Å². The van der Waals surface area contributed by atoms with E-state index in [-0.39, 0.29) is 6.61 Å². The van der Waals surface area contributed by atoms with Crippen molar-refractivity contribution in [1.82, 2.24) is 10.3 Å². The van der Waals surface area contributed by atoms with Gasteiger partial charge in [0.1, 0.15) is 17.3 Å². The van der Waals surface area contributed by atoms with Gasteiger partial charge >= 0.3 is 0 Å². The Bertz CT molecular complexity index is 907. The van der Waals surface area contributed by atoms with Crippen molar-refractivity contribution in [3.05, 3.63) is 72.4 Å². The lowest BCUT2D eigenvalue weighted by atomic mass is 10.1. The molecule has 3 N–H and O–H groups in total. The highest BCUT2D eigenvalue weighted by atomic mass is 16.5. The second-order valence-corrected chi connectivity index (χ2v) is 5.83. The molecule has 0 fully saturated rings. The second kappa shape index (κ2) is 8.11. The molecule has 1 aromatic heterocycles. The zero-order chi connectivity index (χ0) is 18.4. The van der Waals surface area contributed by atoms with Gasteiger partial charge in [0.25, 0.3) is 5.91 Å². The van der Waals surface area contributed by atoms with E-state index in [1.54, 1.807) is 12.3 Å². The van der Waals surface area contributed by atoms with Gasteiger partial charge in [-0.15, -0.1) is 0 Å². The van der Waals surface area contributed by atoms with E-state index in [0.717, 1.165) is 10.9 Å². The third kappa shape index (κ3) is 4.36. The van der Waals surface area contributed by atoms with Gasteiger partial charge in [-0.05, 0) is 17.7 Å². The first-order chi connectivity index (χ1) is 12.6. The lowest BCUT2D eigenvalue weighted by molar-refractivity contribution is -0.128. The largest absolute Gasteiger partial charge is 0.481 e. The number of ether oxygens (including phenoxy) is 1. The molecule has 132 valence electrons. The van der Waals surface area contributed by atoms with Crippen LogP contribution in [0, 0.1) is 0 Å². The maximum absolute atomic E-state index is 12.2. The van der Waals surface area contributed by atoms with Crippen molar-refractivity contribution in [1.29, 1.82) is 0 Å². The molecule has 0 saturated heterocycles. The minimum absolute atomic E-state index is 0.228. The standard InChI is InChI=1S/C20H19N3O3/c21-20(25)16(12-14-6-2-1-3-7-14)23-18(24)13-26-17-10-4-8-15-9-5-11-22-19(15)17/h1-11,16H,12-13H2,(H2,21,25)(H,23,24). The first kappa shape index (κ1) is 17.4. The molecule has 6 nitrogen and oxygen atoms in total. The number of nitrogens with one attached hydrogen (secondary N) is 1. The van der Waals surface area contributed by atoms with Gasteiger partial charge in [0.05, 0.1) is 0 Å². The number of amides is 2. The van der Waals surface area contributed by atoms with E-state index < -0.39 is 17.9 Å². The number of aromatic nitrogens is 1. The Kier molecular flexibility index (Phi) is 5.43. The summed E-state index contributed by atoms with van der Waals surface area (Å²) in [6.45, 7) is -0.228. The zero-order valence-electron chi connectivity index (χ0n) is 14.1. The third-order valence-corrected chi connectivity index (χ3v) is 3.92. The van der Waals surface area contributed by atoms with E-state index in [0.29, 0.717) is 17.7 Å². The molecule has 1 unspecified atom stereocenters. The van der Waals surface area contributed by atoms with Gasteiger partial charge < -0.3 is 15.8 Å². The van der Waals surface area contributed by atoms with Crippen molar-refractivity contribution in [2.45, 2.75) is 12.5 Å². The maximum atomic E-state index is 12.2. The van der Waals surface area contributed by atoms with Gasteiger partial charge in [0, 0.05) is 18.0 Å². The first-order valence-corrected chi connectivity index (χ1v) is 8.22. The number of benzene rings is 2. The van der Waals surface area contributed by atoms with E-state index in [4.69, 9.17) is 10.5 Å². The van der Waals surface area contributed by atoms with Crippen LogP contribution in [-0.4, -0.2) is 29.4 Å². The number of nitrogens with zero attached hydrogens (tertiary/aromatic N) is 1. The lowest BCUT2D eigenvalue weighted by Crippen LogP contribution is -2.47. The van der Waals surface area contributed by atoms with Crippen LogP contribution >= 0.6 is 0 Å². The van der Waals surface area contributed by atoms with Gasteiger partial charge in [-0.25, -0.2) is 0 Å². The number of carbonyl (C=O) groups is 2. The topological polar surface area (TPSA) is 94.3 Å². The Hall–Kier alpha value is -3.41. The molecule has 0 aliphatic heterocycles. The number of rotatable bonds is 7. The van der Waals surface area contributed by atoms with Crippen molar-refractivity contribution < 1.29 is 14.3 Å². The average molecular weight is 349 g/mol. The van der Waals surface area contributed by atoms with Gasteiger partial charge in [0.15, 0.2) is 6.61 Å². The predicted molar refractivity (Wildman–Crippen MR) is 98.5 cm³/mol. The monoisotopic (exact) mass is 349 g/mol. The number of nitrogens with two attached hydrogens (primary N) is 1. The summed E-state index contributed by atoms with van der Waals surface area (Å²) < 4.78 is 5.59. The van der Waals surface area contributed by atoms with Crippen LogP contribution in [0.5, 0.6) is 5.75 Å². The fraction of sp³-hybridized carbons (Fsp3) is 0.150. The molecule has 0 aliphatic carbocycles. The van der Waals surface area contributed by atoms with E-state index in [1.807, 2.05) is 54.6 Å². The van der Waals surface area contributed by atoms with E-state index >= 15 is 0 Å². The summed E-state index contributed by atoms with van der Waals surface area (Å²) >= 11 is 0. The Morgan fingerprint density at radius 2 is 1.81 bits per heavy atom. The molecule has 1 atom stereocenters. The number of pyridine rings is 1. The number of hydrogen-bond acceptors (Lipinski definition) is 4. The summed E-state index contributed by atoms with van der Waals surface area (Å²) in [6.07, 6.45) is 2.00. The van der Waals surface area contributed by atoms with Crippen LogP contribution in [0.25, 0.3) is 10.9 Å². The molecular formula is C20H19N3O3. The zero-order valence-corrected chi connectivity index (χ0v) is 14.1. The first-order valence-electron chi connectivity index (χ1n) is 8.22. The highest BCUT2D eigenvalue weighted by molar-refractivity contribution is 5.88. The summed E-state index contributed by atoms with van der Waals surface area (Å²) in [4.78, 5) is 28.1. The quantitative estimate of drug-likeness (QED) is 0.680. The summed E-state index contributed by atoms with van der Waals surface area (Å²) in [7, 11) is 0. The Morgan fingerprint density at radius 1 is 1.04 bits per heavy atom. The molecule has 3 aromatic rings. The maximum Gasteiger partial charge on any atom is 0.258 e. The third-order valence-electron chi connectivity index (χ3n) is 3.92. The Balaban J connectivity index is 1.62. The number of hydrogen-bond donors (Lipinski definition) is 2. The van der Waals surface area contributed by atoms with Gasteiger partial charge in [-0.3, -0.25) is 14.6 Å². The van der Waals surface area contributed by atoms with Crippen LogP contribution in [0.3, 0.4) is 0 Å². The average Bonchev–Trinajstić information content (AvgIpc) is 2.66. The van der Waals surface area contributed by atoms with Gasteiger partial charge in [0.2, 0.25) is 5.91 Å². The molecule has 1 heterocycles. The summed E-state index contributed by atoms with van der Waals surface area (Å²) in [5.74, 6) is -0.497. The second-order valence-electron chi connectivity index (χ2n) is 5.83. The van der Waals surface area contributed by atoms with Crippen LogP contribution in [0.15, 0.2) is 66.9 Å². The number of carbonyl (C=O) groups excluding carboxylic acids is 2. The molecule has 6 heteroatoms. The molecule has 2 amide bonds. The summed E-state index contributed by atoms with van der Waals surface area (Å²) in [5, 5.41) is 3.55. The van der Waals surface area contributed by atoms with E-state index in [2.05, 4.69) is 10.3 Å². The van der Waals surface area contributed by atoms with Crippen LogP contribution in [0.1, 0.15) is 5.56 Å².